The molecule has 0 aliphatic carbocycles. The minimum Gasteiger partial charge on any atom is -0.385 e. The third-order valence-corrected chi connectivity index (χ3v) is 3.58. The largest absolute Gasteiger partial charge is 0.385 e. The van der Waals surface area contributed by atoms with Gasteiger partial charge in [-0.3, -0.25) is 9.78 Å². The molecule has 5 nitrogen and oxygen atoms in total. The first-order valence-electron chi connectivity index (χ1n) is 7.85. The smallest absolute Gasteiger partial charge is 0.272 e. The zero-order valence-corrected chi connectivity index (χ0v) is 13.0. The SMILES string of the molecule is CCCOC1CCCN(C(=O)c2cc(NCC)ccn2)C1. The molecule has 1 fully saturated rings. The molecule has 1 amide bonds. The fraction of sp³-hybridized carbons (Fsp3) is 0.625. The van der Waals surface area contributed by atoms with E-state index in [0.29, 0.717) is 12.2 Å². The number of piperidine rings is 1. The molecular formula is C16H25N3O2. The van der Waals surface area contributed by atoms with Crippen molar-refractivity contribution in [2.24, 2.45) is 0 Å². The van der Waals surface area contributed by atoms with Crippen molar-refractivity contribution in [2.75, 3.05) is 31.6 Å². The van der Waals surface area contributed by atoms with Crippen LogP contribution in [0.2, 0.25) is 0 Å². The molecule has 1 saturated heterocycles. The number of likely N-dealkylation sites (tertiary alicyclic amines) is 1. The number of carbonyl (C=O) groups is 1. The zero-order valence-electron chi connectivity index (χ0n) is 13.0. The Hall–Kier alpha value is -1.62. The second kappa shape index (κ2) is 7.98. The molecule has 1 aromatic heterocycles. The van der Waals surface area contributed by atoms with Gasteiger partial charge in [0, 0.05) is 38.1 Å². The number of anilines is 1. The lowest BCUT2D eigenvalue weighted by Gasteiger charge is -2.32. The summed E-state index contributed by atoms with van der Waals surface area (Å²) in [5.41, 5.74) is 1.44. The minimum absolute atomic E-state index is 0.000415. The Morgan fingerprint density at radius 1 is 1.52 bits per heavy atom. The molecule has 2 heterocycles. The van der Waals surface area contributed by atoms with Crippen LogP contribution in [0.1, 0.15) is 43.6 Å². The summed E-state index contributed by atoms with van der Waals surface area (Å²) in [6.45, 7) is 7.18. The first kappa shape index (κ1) is 15.8. The van der Waals surface area contributed by atoms with Crippen LogP contribution in [0.25, 0.3) is 0 Å². The molecule has 116 valence electrons. The Kier molecular flexibility index (Phi) is 5.99. The molecule has 5 heteroatoms. The van der Waals surface area contributed by atoms with Gasteiger partial charge in [0.15, 0.2) is 0 Å². The number of pyridine rings is 1. The Balaban J connectivity index is 2.00. The van der Waals surface area contributed by atoms with Gasteiger partial charge in [0.25, 0.3) is 5.91 Å². The second-order valence-corrected chi connectivity index (χ2v) is 5.35. The van der Waals surface area contributed by atoms with Gasteiger partial charge in [0.2, 0.25) is 0 Å². The van der Waals surface area contributed by atoms with E-state index >= 15 is 0 Å². The predicted molar refractivity (Wildman–Crippen MR) is 83.6 cm³/mol. The Bertz CT molecular complexity index is 465. The van der Waals surface area contributed by atoms with E-state index in [9.17, 15) is 4.79 Å². The lowest BCUT2D eigenvalue weighted by Crippen LogP contribution is -2.43. The van der Waals surface area contributed by atoms with Crippen molar-refractivity contribution >= 4 is 11.6 Å². The first-order chi connectivity index (χ1) is 10.2. The maximum absolute atomic E-state index is 12.6. The van der Waals surface area contributed by atoms with Crippen molar-refractivity contribution in [1.82, 2.24) is 9.88 Å². The highest BCUT2D eigenvalue weighted by Crippen LogP contribution is 2.17. The van der Waals surface area contributed by atoms with Crippen LogP contribution in [0.5, 0.6) is 0 Å². The summed E-state index contributed by atoms with van der Waals surface area (Å²) >= 11 is 0. The van der Waals surface area contributed by atoms with Gasteiger partial charge in [-0.1, -0.05) is 6.92 Å². The molecule has 2 rings (SSSR count). The van der Waals surface area contributed by atoms with Crippen molar-refractivity contribution in [1.29, 1.82) is 0 Å². The minimum atomic E-state index is -0.000415. The first-order valence-corrected chi connectivity index (χ1v) is 7.85. The van der Waals surface area contributed by atoms with Gasteiger partial charge in [-0.05, 0) is 38.3 Å². The normalized spacial score (nSPS) is 18.6. The number of hydrogen-bond donors (Lipinski definition) is 1. The van der Waals surface area contributed by atoms with Crippen molar-refractivity contribution < 1.29 is 9.53 Å². The summed E-state index contributed by atoms with van der Waals surface area (Å²) in [6.07, 6.45) is 4.89. The van der Waals surface area contributed by atoms with E-state index < -0.39 is 0 Å². The zero-order chi connectivity index (χ0) is 15.1. The quantitative estimate of drug-likeness (QED) is 0.875. The third-order valence-electron chi connectivity index (χ3n) is 3.58. The van der Waals surface area contributed by atoms with Crippen molar-refractivity contribution in [3.63, 3.8) is 0 Å². The lowest BCUT2D eigenvalue weighted by molar-refractivity contribution is 0.00192. The highest BCUT2D eigenvalue weighted by molar-refractivity contribution is 5.93. The second-order valence-electron chi connectivity index (χ2n) is 5.35. The summed E-state index contributed by atoms with van der Waals surface area (Å²) in [5.74, 6) is -0.000415. The van der Waals surface area contributed by atoms with Crippen LogP contribution >= 0.6 is 0 Å². The number of amides is 1. The van der Waals surface area contributed by atoms with E-state index in [2.05, 4.69) is 17.2 Å². The van der Waals surface area contributed by atoms with Gasteiger partial charge in [-0.25, -0.2) is 0 Å². The van der Waals surface area contributed by atoms with Gasteiger partial charge >= 0.3 is 0 Å². The standard InChI is InChI=1S/C16H25N3O2/c1-3-10-21-14-6-5-9-19(12-14)16(20)15-11-13(17-4-2)7-8-18-15/h7-8,11,14H,3-6,9-10,12H2,1-2H3,(H,17,18). The summed E-state index contributed by atoms with van der Waals surface area (Å²) < 4.78 is 5.78. The number of rotatable bonds is 6. The molecule has 0 spiro atoms. The van der Waals surface area contributed by atoms with E-state index in [0.717, 1.165) is 44.6 Å². The molecule has 0 saturated carbocycles. The van der Waals surface area contributed by atoms with Crippen molar-refractivity contribution in [3.8, 4) is 0 Å². The van der Waals surface area contributed by atoms with Gasteiger partial charge in [0.05, 0.1) is 6.10 Å². The Labute approximate surface area is 126 Å². The highest BCUT2D eigenvalue weighted by Gasteiger charge is 2.25. The van der Waals surface area contributed by atoms with Crippen LogP contribution in [0, 0.1) is 0 Å². The van der Waals surface area contributed by atoms with Gasteiger partial charge in [-0.2, -0.15) is 0 Å². The van der Waals surface area contributed by atoms with Crippen LogP contribution < -0.4 is 5.32 Å². The summed E-state index contributed by atoms with van der Waals surface area (Å²) in [5, 5.41) is 3.21. The Morgan fingerprint density at radius 3 is 3.14 bits per heavy atom. The van der Waals surface area contributed by atoms with E-state index in [4.69, 9.17) is 4.74 Å². The summed E-state index contributed by atoms with van der Waals surface area (Å²) in [6, 6.07) is 3.70. The summed E-state index contributed by atoms with van der Waals surface area (Å²) in [7, 11) is 0. The van der Waals surface area contributed by atoms with Crippen LogP contribution in [0.15, 0.2) is 18.3 Å². The molecule has 0 aromatic carbocycles. The van der Waals surface area contributed by atoms with Crippen LogP contribution in [-0.2, 0) is 4.74 Å². The molecule has 1 atom stereocenters. The van der Waals surface area contributed by atoms with E-state index in [1.54, 1.807) is 6.20 Å². The molecule has 0 radical (unpaired) electrons. The molecule has 21 heavy (non-hydrogen) atoms. The number of hydrogen-bond acceptors (Lipinski definition) is 4. The van der Waals surface area contributed by atoms with Crippen molar-refractivity contribution in [2.45, 2.75) is 39.2 Å². The maximum Gasteiger partial charge on any atom is 0.272 e. The number of nitrogens with zero attached hydrogens (tertiary/aromatic N) is 2. The van der Waals surface area contributed by atoms with Gasteiger partial charge in [-0.15, -0.1) is 0 Å². The monoisotopic (exact) mass is 291 g/mol. The van der Waals surface area contributed by atoms with E-state index in [-0.39, 0.29) is 12.0 Å². The lowest BCUT2D eigenvalue weighted by atomic mass is 10.1. The number of aromatic nitrogens is 1. The number of ether oxygens (including phenoxy) is 1. The summed E-state index contributed by atoms with van der Waals surface area (Å²) in [4.78, 5) is 18.6. The molecule has 0 bridgehead atoms. The van der Waals surface area contributed by atoms with E-state index in [1.165, 1.54) is 0 Å². The molecule has 1 aliphatic rings. The average Bonchev–Trinajstić information content (AvgIpc) is 2.53. The molecular weight excluding hydrogens is 266 g/mol. The molecule has 1 unspecified atom stereocenters. The maximum atomic E-state index is 12.6. The van der Waals surface area contributed by atoms with Crippen molar-refractivity contribution in [3.05, 3.63) is 24.0 Å². The van der Waals surface area contributed by atoms with Gasteiger partial charge < -0.3 is 15.0 Å². The highest BCUT2D eigenvalue weighted by atomic mass is 16.5. The van der Waals surface area contributed by atoms with Crippen LogP contribution in [0.4, 0.5) is 5.69 Å². The van der Waals surface area contributed by atoms with Gasteiger partial charge in [0.1, 0.15) is 5.69 Å². The number of carbonyl (C=O) groups excluding carboxylic acids is 1. The molecule has 1 N–H and O–H groups in total. The topological polar surface area (TPSA) is 54.5 Å². The fourth-order valence-corrected chi connectivity index (χ4v) is 2.57. The average molecular weight is 291 g/mol. The molecule has 1 aromatic rings. The fourth-order valence-electron chi connectivity index (χ4n) is 2.57. The number of nitrogens with one attached hydrogen (secondary N) is 1. The predicted octanol–water partition coefficient (Wildman–Crippen LogP) is 2.54. The Morgan fingerprint density at radius 2 is 2.38 bits per heavy atom. The van der Waals surface area contributed by atoms with E-state index in [1.807, 2.05) is 24.0 Å². The third kappa shape index (κ3) is 4.43. The van der Waals surface area contributed by atoms with Crippen LogP contribution in [-0.4, -0.2) is 48.1 Å². The molecule has 1 aliphatic heterocycles. The van der Waals surface area contributed by atoms with Crippen LogP contribution in [0.3, 0.4) is 0 Å².